The molecule has 3 atom stereocenters. The molecule has 1 aliphatic heterocycles. The summed E-state index contributed by atoms with van der Waals surface area (Å²) in [6.45, 7) is 0.499. The van der Waals surface area contributed by atoms with Crippen LogP contribution in [0.3, 0.4) is 0 Å². The fourth-order valence-corrected chi connectivity index (χ4v) is 9.68. The molecule has 5 aliphatic rings. The van der Waals surface area contributed by atoms with Crippen LogP contribution in [-0.2, 0) is 22.6 Å². The van der Waals surface area contributed by atoms with E-state index in [0.29, 0.717) is 18.7 Å². The van der Waals surface area contributed by atoms with Gasteiger partial charge in [0.15, 0.2) is 11.4 Å². The number of benzene rings is 3. The second-order valence-electron chi connectivity index (χ2n) is 14.3. The van der Waals surface area contributed by atoms with Crippen molar-refractivity contribution in [3.05, 3.63) is 101 Å². The first-order chi connectivity index (χ1) is 23.5. The van der Waals surface area contributed by atoms with Crippen molar-refractivity contribution < 1.29 is 19.4 Å². The highest BCUT2D eigenvalue weighted by Gasteiger charge is 2.51. The zero-order chi connectivity index (χ0) is 32.5. The van der Waals surface area contributed by atoms with Gasteiger partial charge in [-0.1, -0.05) is 78.5 Å². The molecule has 2 heterocycles. The van der Waals surface area contributed by atoms with Crippen molar-refractivity contribution in [1.82, 2.24) is 25.8 Å². The Bertz CT molecular complexity index is 1660. The number of carbonyl (C=O) groups is 1. The third-order valence-electron chi connectivity index (χ3n) is 10.7. The van der Waals surface area contributed by atoms with E-state index in [2.05, 4.69) is 68.3 Å². The first kappa shape index (κ1) is 31.6. The maximum atomic E-state index is 13.0. The van der Waals surface area contributed by atoms with Gasteiger partial charge < -0.3 is 25.2 Å². The Morgan fingerprint density at radius 2 is 1.60 bits per heavy atom. The highest BCUT2D eigenvalue weighted by molar-refractivity contribution is 7.99. The molecule has 9 nitrogen and oxygen atoms in total. The molecule has 4 bridgehead atoms. The van der Waals surface area contributed by atoms with Gasteiger partial charge in [0.05, 0.1) is 18.8 Å². The Hall–Kier alpha value is -3.70. The third kappa shape index (κ3) is 7.03. The molecule has 4 N–H and O–H groups in total. The van der Waals surface area contributed by atoms with E-state index in [1.807, 2.05) is 30.3 Å². The SMILES string of the molecule is O=C(NCc1cccc(-c2ccc([C@@H]3O[C@H](CSc4ncn[nH]4)C[C@H](c4ccc(CO)cc4)O3)cc2)c1)NC12CC3CC(CC(C3)C1)C2. The van der Waals surface area contributed by atoms with Crippen LogP contribution in [0.5, 0.6) is 0 Å². The fraction of sp³-hybridized carbons (Fsp3) is 0.447. The first-order valence-electron chi connectivity index (χ1n) is 17.2. The summed E-state index contributed by atoms with van der Waals surface area (Å²) in [5.41, 5.74) is 6.13. The summed E-state index contributed by atoms with van der Waals surface area (Å²) in [4.78, 5) is 17.3. The van der Waals surface area contributed by atoms with Crippen molar-refractivity contribution in [2.45, 2.75) is 87.3 Å². The number of ether oxygens (including phenoxy) is 2. The molecular formula is C38H43N5O4S. The Morgan fingerprint density at radius 3 is 2.29 bits per heavy atom. The molecule has 48 heavy (non-hydrogen) atoms. The maximum absolute atomic E-state index is 13.0. The topological polar surface area (TPSA) is 121 Å². The number of carbonyl (C=O) groups excluding carboxylic acids is 1. The van der Waals surface area contributed by atoms with Crippen LogP contribution in [0.15, 0.2) is 84.3 Å². The van der Waals surface area contributed by atoms with Crippen LogP contribution in [0, 0.1) is 17.8 Å². The van der Waals surface area contributed by atoms with Gasteiger partial charge in [-0.05, 0) is 90.2 Å². The summed E-state index contributed by atoms with van der Waals surface area (Å²) in [7, 11) is 0. The van der Waals surface area contributed by atoms with Crippen LogP contribution in [0.2, 0.25) is 0 Å². The van der Waals surface area contributed by atoms with E-state index in [9.17, 15) is 9.90 Å². The number of aromatic amines is 1. The number of thioether (sulfide) groups is 1. The smallest absolute Gasteiger partial charge is 0.315 e. The van der Waals surface area contributed by atoms with Crippen LogP contribution < -0.4 is 10.6 Å². The molecule has 4 aliphatic carbocycles. The molecule has 0 spiro atoms. The lowest BCUT2D eigenvalue weighted by molar-refractivity contribution is -0.245. The van der Waals surface area contributed by atoms with Crippen LogP contribution >= 0.6 is 11.8 Å². The van der Waals surface area contributed by atoms with Gasteiger partial charge in [-0.15, -0.1) is 0 Å². The number of aliphatic hydroxyl groups excluding tert-OH is 1. The Labute approximate surface area is 285 Å². The van der Waals surface area contributed by atoms with Crippen molar-refractivity contribution >= 4 is 17.8 Å². The lowest BCUT2D eigenvalue weighted by Gasteiger charge is -2.56. The quantitative estimate of drug-likeness (QED) is 0.134. The third-order valence-corrected chi connectivity index (χ3v) is 11.7. The number of nitrogens with one attached hydrogen (secondary N) is 3. The van der Waals surface area contributed by atoms with Gasteiger partial charge in [0, 0.05) is 29.8 Å². The molecule has 0 unspecified atom stereocenters. The zero-order valence-electron chi connectivity index (χ0n) is 27.0. The molecule has 5 fully saturated rings. The lowest BCUT2D eigenvalue weighted by atomic mass is 9.53. The van der Waals surface area contributed by atoms with Crippen molar-refractivity contribution in [2.75, 3.05) is 5.75 Å². The van der Waals surface area contributed by atoms with E-state index in [0.717, 1.165) is 75.6 Å². The number of hydrogen-bond donors (Lipinski definition) is 4. The standard InChI is InChI=1S/C38H43N5O4S/c44-21-24-4-6-30(7-5-24)34-16-33(22-48-37-40-23-41-43-37)46-35(47-34)31-10-8-29(9-11-31)32-3-1-2-25(15-32)20-39-36(45)42-38-17-26-12-27(18-38)14-28(13-26)19-38/h1-11,15,23,26-28,33-35,44H,12-14,16-22H2,(H2,39,42,45)(H,40,41,43)/t26?,27?,28?,33-,34+,35+,38?/m0/s1. The van der Waals surface area contributed by atoms with E-state index in [4.69, 9.17) is 9.47 Å². The van der Waals surface area contributed by atoms with Gasteiger partial charge in [-0.25, -0.2) is 9.78 Å². The van der Waals surface area contributed by atoms with Crippen LogP contribution in [0.4, 0.5) is 4.79 Å². The Balaban J connectivity index is 0.917. The van der Waals surface area contributed by atoms with Crippen molar-refractivity contribution in [1.29, 1.82) is 0 Å². The molecule has 10 heteroatoms. The van der Waals surface area contributed by atoms with Gasteiger partial charge in [0.1, 0.15) is 6.33 Å². The highest BCUT2D eigenvalue weighted by atomic mass is 32.2. The largest absolute Gasteiger partial charge is 0.392 e. The summed E-state index contributed by atoms with van der Waals surface area (Å²) >= 11 is 1.58. The van der Waals surface area contributed by atoms with Gasteiger partial charge in [0.2, 0.25) is 0 Å². The van der Waals surface area contributed by atoms with Crippen molar-refractivity contribution in [2.24, 2.45) is 17.8 Å². The lowest BCUT2D eigenvalue weighted by Crippen LogP contribution is -2.61. The number of nitrogens with zero attached hydrogens (tertiary/aromatic N) is 2. The summed E-state index contributed by atoms with van der Waals surface area (Å²) in [5.74, 6) is 3.10. The summed E-state index contributed by atoms with van der Waals surface area (Å²) in [5, 5.41) is 23.7. The van der Waals surface area contributed by atoms with E-state index in [-0.39, 0.29) is 30.4 Å². The van der Waals surface area contributed by atoms with Gasteiger partial charge in [0.25, 0.3) is 0 Å². The molecule has 2 amide bonds. The molecule has 1 aromatic heterocycles. The molecule has 0 radical (unpaired) electrons. The van der Waals surface area contributed by atoms with Crippen LogP contribution in [0.1, 0.15) is 79.6 Å². The average molecular weight is 666 g/mol. The van der Waals surface area contributed by atoms with Gasteiger partial charge in [-0.3, -0.25) is 5.10 Å². The Morgan fingerprint density at radius 1 is 0.875 bits per heavy atom. The zero-order valence-corrected chi connectivity index (χ0v) is 27.8. The molecule has 250 valence electrons. The minimum Gasteiger partial charge on any atom is -0.392 e. The van der Waals surface area contributed by atoms with Crippen LogP contribution in [-0.4, -0.2) is 43.7 Å². The average Bonchev–Trinajstić information content (AvgIpc) is 3.63. The number of H-pyrrole nitrogens is 1. The molecule has 3 aromatic carbocycles. The molecule has 9 rings (SSSR count). The van der Waals surface area contributed by atoms with Gasteiger partial charge in [-0.2, -0.15) is 5.10 Å². The highest BCUT2D eigenvalue weighted by Crippen LogP contribution is 2.55. The number of amides is 2. The summed E-state index contributed by atoms with van der Waals surface area (Å²) in [6.07, 6.45) is 9.00. The normalized spacial score (nSPS) is 29.1. The fourth-order valence-electron chi connectivity index (χ4n) is 8.88. The molecule has 4 saturated carbocycles. The number of aromatic nitrogens is 3. The minimum absolute atomic E-state index is 0.00843. The predicted octanol–water partition coefficient (Wildman–Crippen LogP) is 7.07. The van der Waals surface area contributed by atoms with E-state index in [1.54, 1.807) is 11.8 Å². The second kappa shape index (κ2) is 13.7. The second-order valence-corrected chi connectivity index (χ2v) is 15.3. The predicted molar refractivity (Wildman–Crippen MR) is 184 cm³/mol. The number of urea groups is 1. The molecule has 4 aromatic rings. The maximum Gasteiger partial charge on any atom is 0.315 e. The Kier molecular flexibility index (Phi) is 8.98. The number of aliphatic hydroxyl groups is 1. The van der Waals surface area contributed by atoms with Crippen molar-refractivity contribution in [3.8, 4) is 11.1 Å². The van der Waals surface area contributed by atoms with E-state index in [1.165, 1.54) is 25.6 Å². The number of rotatable bonds is 10. The van der Waals surface area contributed by atoms with Crippen molar-refractivity contribution in [3.63, 3.8) is 0 Å². The monoisotopic (exact) mass is 665 g/mol. The van der Waals surface area contributed by atoms with E-state index < -0.39 is 6.29 Å². The number of hydrogen-bond acceptors (Lipinski definition) is 7. The minimum atomic E-state index is -0.529. The van der Waals surface area contributed by atoms with E-state index >= 15 is 0 Å². The first-order valence-corrected chi connectivity index (χ1v) is 18.2. The summed E-state index contributed by atoms with van der Waals surface area (Å²) in [6, 6.07) is 24.6. The van der Waals surface area contributed by atoms with Gasteiger partial charge >= 0.3 is 6.03 Å². The molecular weight excluding hydrogens is 623 g/mol. The van der Waals surface area contributed by atoms with Crippen LogP contribution in [0.25, 0.3) is 11.1 Å². The summed E-state index contributed by atoms with van der Waals surface area (Å²) < 4.78 is 13.0. The molecule has 1 saturated heterocycles.